The summed E-state index contributed by atoms with van der Waals surface area (Å²) in [6.45, 7) is 1.74. The first-order valence-electron chi connectivity index (χ1n) is 7.05. The molecule has 0 bridgehead atoms. The minimum atomic E-state index is -4.50. The minimum Gasteiger partial charge on any atom is -0.375 e. The van der Waals surface area contributed by atoms with Gasteiger partial charge in [-0.15, -0.1) is 0 Å². The van der Waals surface area contributed by atoms with Crippen molar-refractivity contribution in [3.8, 4) is 0 Å². The van der Waals surface area contributed by atoms with Crippen molar-refractivity contribution < 1.29 is 22.4 Å². The molecule has 2 rings (SSSR count). The normalized spacial score (nSPS) is 12.7. The summed E-state index contributed by atoms with van der Waals surface area (Å²) in [5.74, 6) is -0.851. The van der Waals surface area contributed by atoms with Gasteiger partial charge in [0.15, 0.2) is 5.78 Å². The maximum Gasteiger partial charge on any atom is 0.416 e. The van der Waals surface area contributed by atoms with E-state index < -0.39 is 29.4 Å². The highest BCUT2D eigenvalue weighted by molar-refractivity contribution is 6.01. The van der Waals surface area contributed by atoms with E-state index in [0.717, 1.165) is 12.1 Å². The van der Waals surface area contributed by atoms with Gasteiger partial charge in [-0.05, 0) is 42.8 Å². The number of hydrogen-bond acceptors (Lipinski definition) is 2. The lowest BCUT2D eigenvalue weighted by Crippen LogP contribution is -2.29. The van der Waals surface area contributed by atoms with Crippen LogP contribution < -0.4 is 5.32 Å². The van der Waals surface area contributed by atoms with Crippen LogP contribution in [-0.4, -0.2) is 11.8 Å². The number of hydrogen-bond donors (Lipinski definition) is 1. The van der Waals surface area contributed by atoms with Crippen LogP contribution >= 0.6 is 0 Å². The topological polar surface area (TPSA) is 29.1 Å². The molecular formula is C17H15F4NO. The lowest BCUT2D eigenvalue weighted by atomic mass is 10.00. The zero-order valence-electron chi connectivity index (χ0n) is 12.3. The van der Waals surface area contributed by atoms with Gasteiger partial charge in [0.1, 0.15) is 5.82 Å². The lowest BCUT2D eigenvalue weighted by Gasteiger charge is -2.18. The molecule has 23 heavy (non-hydrogen) atoms. The molecule has 2 aromatic rings. The molecule has 6 heteroatoms. The van der Waals surface area contributed by atoms with Gasteiger partial charge in [0, 0.05) is 11.3 Å². The van der Waals surface area contributed by atoms with Crippen molar-refractivity contribution in [3.63, 3.8) is 0 Å². The molecule has 1 unspecified atom stereocenters. The molecule has 0 fully saturated rings. The van der Waals surface area contributed by atoms with Gasteiger partial charge < -0.3 is 5.32 Å². The maximum absolute atomic E-state index is 12.9. The molecule has 0 amide bonds. The van der Waals surface area contributed by atoms with Gasteiger partial charge in [0.2, 0.25) is 0 Å². The maximum atomic E-state index is 12.9. The van der Waals surface area contributed by atoms with E-state index in [1.165, 1.54) is 36.4 Å². The van der Waals surface area contributed by atoms with Crippen molar-refractivity contribution in [2.75, 3.05) is 5.32 Å². The average Bonchev–Trinajstić information content (AvgIpc) is 2.53. The quantitative estimate of drug-likeness (QED) is 0.624. The first kappa shape index (κ1) is 17.0. The number of ketones is 1. The van der Waals surface area contributed by atoms with Crippen LogP contribution in [0.25, 0.3) is 0 Å². The highest BCUT2D eigenvalue weighted by Gasteiger charge is 2.31. The third-order valence-electron chi connectivity index (χ3n) is 3.38. The number of rotatable bonds is 5. The van der Waals surface area contributed by atoms with Gasteiger partial charge in [-0.25, -0.2) is 4.39 Å². The number of alkyl halides is 3. The number of nitrogens with one attached hydrogen (secondary N) is 1. The van der Waals surface area contributed by atoms with Crippen LogP contribution in [0.5, 0.6) is 0 Å². The lowest BCUT2D eigenvalue weighted by molar-refractivity contribution is -0.137. The van der Waals surface area contributed by atoms with Crippen LogP contribution in [0.4, 0.5) is 23.2 Å². The number of Topliss-reactive ketones (excluding diaryl/α,β-unsaturated/α-hetero) is 1. The summed E-state index contributed by atoms with van der Waals surface area (Å²) in [5.41, 5.74) is -0.347. The van der Waals surface area contributed by atoms with Gasteiger partial charge in [-0.3, -0.25) is 4.79 Å². The minimum absolute atomic E-state index is 0.0127. The van der Waals surface area contributed by atoms with E-state index in [1.54, 1.807) is 6.92 Å². The summed E-state index contributed by atoms with van der Waals surface area (Å²) in [5, 5.41) is 2.91. The largest absolute Gasteiger partial charge is 0.416 e. The van der Waals surface area contributed by atoms with Crippen LogP contribution in [0.15, 0.2) is 48.5 Å². The van der Waals surface area contributed by atoms with Crippen LogP contribution in [0.2, 0.25) is 0 Å². The summed E-state index contributed by atoms with van der Waals surface area (Å²) < 4.78 is 51.1. The SMILES string of the molecule is CCC(Nc1ccc(F)cc1)C(=O)c1cccc(C(F)(F)F)c1. The summed E-state index contributed by atoms with van der Waals surface area (Å²) in [7, 11) is 0. The van der Waals surface area contributed by atoms with Crippen molar-refractivity contribution in [2.24, 2.45) is 0 Å². The van der Waals surface area contributed by atoms with Crippen LogP contribution in [-0.2, 0) is 6.18 Å². The van der Waals surface area contributed by atoms with Gasteiger partial charge in [0.25, 0.3) is 0 Å². The molecule has 1 atom stereocenters. The Morgan fingerprint density at radius 2 is 1.78 bits per heavy atom. The van der Waals surface area contributed by atoms with Gasteiger partial charge in [-0.1, -0.05) is 19.1 Å². The number of halogens is 4. The third-order valence-corrected chi connectivity index (χ3v) is 3.38. The fourth-order valence-corrected chi connectivity index (χ4v) is 2.15. The summed E-state index contributed by atoms with van der Waals surface area (Å²) in [6.07, 6.45) is -4.12. The Hall–Kier alpha value is -2.37. The van der Waals surface area contributed by atoms with Crippen molar-refractivity contribution in [1.29, 1.82) is 0 Å². The van der Waals surface area contributed by atoms with E-state index in [1.807, 2.05) is 0 Å². The molecule has 2 nitrogen and oxygen atoms in total. The second-order valence-corrected chi connectivity index (χ2v) is 5.05. The van der Waals surface area contributed by atoms with Gasteiger partial charge in [-0.2, -0.15) is 13.2 Å². The molecule has 2 aromatic carbocycles. The Morgan fingerprint density at radius 1 is 1.13 bits per heavy atom. The van der Waals surface area contributed by atoms with Crippen LogP contribution in [0.3, 0.4) is 0 Å². The van der Waals surface area contributed by atoms with E-state index in [9.17, 15) is 22.4 Å². The predicted molar refractivity (Wildman–Crippen MR) is 79.9 cm³/mol. The molecule has 0 aliphatic rings. The van der Waals surface area contributed by atoms with Crippen molar-refractivity contribution in [3.05, 3.63) is 65.5 Å². The number of carbonyl (C=O) groups is 1. The highest BCUT2D eigenvalue weighted by atomic mass is 19.4. The van der Waals surface area contributed by atoms with Gasteiger partial charge in [0.05, 0.1) is 11.6 Å². The number of carbonyl (C=O) groups excluding carboxylic acids is 1. The standard InChI is InChI=1S/C17H15F4NO/c1-2-15(22-14-8-6-13(18)7-9-14)16(23)11-4-3-5-12(10-11)17(19,20)21/h3-10,15,22H,2H2,1H3. The smallest absolute Gasteiger partial charge is 0.375 e. The monoisotopic (exact) mass is 325 g/mol. The van der Waals surface area contributed by atoms with E-state index in [2.05, 4.69) is 5.32 Å². The first-order valence-corrected chi connectivity index (χ1v) is 7.05. The Bertz CT molecular complexity index is 680. The summed E-state index contributed by atoms with van der Waals surface area (Å²) in [4.78, 5) is 12.4. The molecule has 0 radical (unpaired) electrons. The molecule has 0 aromatic heterocycles. The zero-order valence-corrected chi connectivity index (χ0v) is 12.3. The molecule has 0 aliphatic carbocycles. The van der Waals surface area contributed by atoms with Crippen LogP contribution in [0.1, 0.15) is 29.3 Å². The molecule has 0 saturated carbocycles. The van der Waals surface area contributed by atoms with E-state index in [-0.39, 0.29) is 5.56 Å². The van der Waals surface area contributed by atoms with Crippen molar-refractivity contribution >= 4 is 11.5 Å². The molecular weight excluding hydrogens is 310 g/mol. The molecule has 0 aliphatic heterocycles. The Morgan fingerprint density at radius 3 is 2.35 bits per heavy atom. The Kier molecular flexibility index (Phi) is 5.03. The zero-order chi connectivity index (χ0) is 17.0. The number of benzene rings is 2. The van der Waals surface area contributed by atoms with Crippen LogP contribution in [0, 0.1) is 5.82 Å². The van der Waals surface area contributed by atoms with E-state index in [0.29, 0.717) is 12.1 Å². The molecule has 0 saturated heterocycles. The Labute approximate surface area is 131 Å². The van der Waals surface area contributed by atoms with E-state index in [4.69, 9.17) is 0 Å². The second kappa shape index (κ2) is 6.81. The summed E-state index contributed by atoms with van der Waals surface area (Å²) in [6, 6.07) is 9.06. The molecule has 0 heterocycles. The first-order chi connectivity index (χ1) is 10.8. The van der Waals surface area contributed by atoms with Crippen molar-refractivity contribution in [2.45, 2.75) is 25.6 Å². The molecule has 0 spiro atoms. The molecule has 1 N–H and O–H groups in total. The fourth-order valence-electron chi connectivity index (χ4n) is 2.15. The second-order valence-electron chi connectivity index (χ2n) is 5.05. The highest BCUT2D eigenvalue weighted by Crippen LogP contribution is 2.30. The summed E-state index contributed by atoms with van der Waals surface area (Å²) >= 11 is 0. The van der Waals surface area contributed by atoms with Gasteiger partial charge >= 0.3 is 6.18 Å². The fraction of sp³-hybridized carbons (Fsp3) is 0.235. The predicted octanol–water partition coefficient (Wildman–Crippen LogP) is 4.92. The number of anilines is 1. The van der Waals surface area contributed by atoms with E-state index >= 15 is 0 Å². The average molecular weight is 325 g/mol. The third kappa shape index (κ3) is 4.31. The molecule has 122 valence electrons. The van der Waals surface area contributed by atoms with Crippen molar-refractivity contribution in [1.82, 2.24) is 0 Å². The Balaban J connectivity index is 2.21.